The summed E-state index contributed by atoms with van der Waals surface area (Å²) in [6.07, 6.45) is 7.21. The van der Waals surface area contributed by atoms with Crippen LogP contribution >= 0.6 is 0 Å². The highest BCUT2D eigenvalue weighted by molar-refractivity contribution is 5.94. The number of hydrogen-bond donors (Lipinski definition) is 0. The van der Waals surface area contributed by atoms with Crippen LogP contribution in [0.1, 0.15) is 31.2 Å². The van der Waals surface area contributed by atoms with E-state index in [2.05, 4.69) is 21.6 Å². The standard InChI is InChI=1S/C17H22O4/c1-20-16(18)15(17(19)21-2)13-9-4-3-6-10-14-11-7-5-8-12-14/h5-8,10-12,15H,3-4,9,13H2,1-2H3/b10-6+. The van der Waals surface area contributed by atoms with Crippen LogP contribution in [-0.4, -0.2) is 26.2 Å². The average Bonchev–Trinajstić information content (AvgIpc) is 2.53. The van der Waals surface area contributed by atoms with Crippen LogP contribution < -0.4 is 0 Å². The second-order valence-corrected chi connectivity index (χ2v) is 4.70. The van der Waals surface area contributed by atoms with Crippen molar-refractivity contribution >= 4 is 18.0 Å². The number of hydrogen-bond acceptors (Lipinski definition) is 4. The predicted octanol–water partition coefficient (Wildman–Crippen LogP) is 3.22. The highest BCUT2D eigenvalue weighted by atomic mass is 16.5. The maximum absolute atomic E-state index is 11.5. The number of benzene rings is 1. The monoisotopic (exact) mass is 290 g/mol. The summed E-state index contributed by atoms with van der Waals surface area (Å²) in [4.78, 5) is 23.0. The molecule has 1 rings (SSSR count). The predicted molar refractivity (Wildman–Crippen MR) is 81.5 cm³/mol. The molecule has 0 bridgehead atoms. The summed E-state index contributed by atoms with van der Waals surface area (Å²) in [6, 6.07) is 10.1. The minimum atomic E-state index is -0.807. The Kier molecular flexibility index (Phi) is 7.87. The molecule has 0 amide bonds. The van der Waals surface area contributed by atoms with Crippen LogP contribution in [0.3, 0.4) is 0 Å². The lowest BCUT2D eigenvalue weighted by atomic mass is 10.0. The molecule has 0 aliphatic heterocycles. The molecule has 0 N–H and O–H groups in total. The Hall–Kier alpha value is -2.10. The molecular formula is C17H22O4. The van der Waals surface area contributed by atoms with E-state index in [0.717, 1.165) is 19.3 Å². The molecule has 4 heteroatoms. The van der Waals surface area contributed by atoms with Gasteiger partial charge in [0.2, 0.25) is 0 Å². The van der Waals surface area contributed by atoms with E-state index in [4.69, 9.17) is 0 Å². The summed E-state index contributed by atoms with van der Waals surface area (Å²) in [7, 11) is 2.56. The summed E-state index contributed by atoms with van der Waals surface area (Å²) in [5.41, 5.74) is 1.17. The first-order valence-electron chi connectivity index (χ1n) is 7.06. The first-order chi connectivity index (χ1) is 10.2. The Balaban J connectivity index is 2.30. The SMILES string of the molecule is COC(=O)C(CCCC/C=C/c1ccccc1)C(=O)OC. The Morgan fingerprint density at radius 3 is 2.24 bits per heavy atom. The molecule has 4 nitrogen and oxygen atoms in total. The van der Waals surface area contributed by atoms with Crippen LogP contribution in [0, 0.1) is 5.92 Å². The van der Waals surface area contributed by atoms with Crippen LogP contribution in [0.2, 0.25) is 0 Å². The van der Waals surface area contributed by atoms with Crippen LogP contribution in [-0.2, 0) is 19.1 Å². The van der Waals surface area contributed by atoms with Crippen molar-refractivity contribution in [1.82, 2.24) is 0 Å². The highest BCUT2D eigenvalue weighted by Gasteiger charge is 2.27. The molecule has 21 heavy (non-hydrogen) atoms. The van der Waals surface area contributed by atoms with Crippen molar-refractivity contribution in [3.05, 3.63) is 42.0 Å². The van der Waals surface area contributed by atoms with Gasteiger partial charge in [0, 0.05) is 0 Å². The molecule has 0 fully saturated rings. The van der Waals surface area contributed by atoms with E-state index in [9.17, 15) is 9.59 Å². The normalized spacial score (nSPS) is 10.8. The smallest absolute Gasteiger partial charge is 0.320 e. The molecule has 0 atom stereocenters. The number of ether oxygens (including phenoxy) is 2. The third-order valence-electron chi connectivity index (χ3n) is 3.19. The molecule has 0 saturated heterocycles. The van der Waals surface area contributed by atoms with Crippen LogP contribution in [0.5, 0.6) is 0 Å². The van der Waals surface area contributed by atoms with Crippen molar-refractivity contribution in [2.45, 2.75) is 25.7 Å². The minimum Gasteiger partial charge on any atom is -0.468 e. The Bertz CT molecular complexity index is 449. The van der Waals surface area contributed by atoms with Gasteiger partial charge in [0.1, 0.15) is 0 Å². The van der Waals surface area contributed by atoms with Gasteiger partial charge in [-0.1, -0.05) is 48.9 Å². The van der Waals surface area contributed by atoms with E-state index in [-0.39, 0.29) is 0 Å². The fraction of sp³-hybridized carbons (Fsp3) is 0.412. The lowest BCUT2D eigenvalue weighted by Gasteiger charge is -2.11. The number of esters is 2. The number of carbonyl (C=O) groups excluding carboxylic acids is 2. The summed E-state index contributed by atoms with van der Waals surface area (Å²) >= 11 is 0. The maximum atomic E-state index is 11.5. The molecule has 114 valence electrons. The van der Waals surface area contributed by atoms with E-state index in [1.165, 1.54) is 19.8 Å². The Morgan fingerprint density at radius 1 is 1.05 bits per heavy atom. The zero-order valence-corrected chi connectivity index (χ0v) is 12.6. The third kappa shape index (κ3) is 6.25. The van der Waals surface area contributed by atoms with E-state index < -0.39 is 17.9 Å². The largest absolute Gasteiger partial charge is 0.468 e. The van der Waals surface area contributed by atoms with Gasteiger partial charge in [-0.05, 0) is 24.8 Å². The van der Waals surface area contributed by atoms with Crippen molar-refractivity contribution < 1.29 is 19.1 Å². The number of unbranched alkanes of at least 4 members (excludes halogenated alkanes) is 2. The Morgan fingerprint density at radius 2 is 1.67 bits per heavy atom. The summed E-state index contributed by atoms with van der Waals surface area (Å²) in [5, 5.41) is 0. The average molecular weight is 290 g/mol. The molecule has 1 aromatic carbocycles. The number of rotatable bonds is 8. The molecule has 0 saturated carbocycles. The van der Waals surface area contributed by atoms with Gasteiger partial charge in [-0.15, -0.1) is 0 Å². The van der Waals surface area contributed by atoms with Crippen LogP contribution in [0.4, 0.5) is 0 Å². The zero-order valence-electron chi connectivity index (χ0n) is 12.6. The zero-order chi connectivity index (χ0) is 15.5. The molecule has 0 unspecified atom stereocenters. The van der Waals surface area contributed by atoms with Crippen LogP contribution in [0.15, 0.2) is 36.4 Å². The molecule has 0 aliphatic rings. The van der Waals surface area contributed by atoms with Crippen molar-refractivity contribution in [3.63, 3.8) is 0 Å². The topological polar surface area (TPSA) is 52.6 Å². The van der Waals surface area contributed by atoms with Crippen molar-refractivity contribution in [3.8, 4) is 0 Å². The van der Waals surface area contributed by atoms with Crippen molar-refractivity contribution in [1.29, 1.82) is 0 Å². The molecular weight excluding hydrogens is 268 g/mol. The quantitative estimate of drug-likeness (QED) is 0.419. The van der Waals surface area contributed by atoms with Gasteiger partial charge in [-0.2, -0.15) is 0 Å². The highest BCUT2D eigenvalue weighted by Crippen LogP contribution is 2.14. The molecule has 1 aromatic rings. The third-order valence-corrected chi connectivity index (χ3v) is 3.19. The second-order valence-electron chi connectivity index (χ2n) is 4.70. The number of allylic oxidation sites excluding steroid dienone is 1. The van der Waals surface area contributed by atoms with Gasteiger partial charge >= 0.3 is 11.9 Å². The van der Waals surface area contributed by atoms with Gasteiger partial charge in [0.15, 0.2) is 5.92 Å². The van der Waals surface area contributed by atoms with E-state index in [0.29, 0.717) is 6.42 Å². The van der Waals surface area contributed by atoms with Gasteiger partial charge in [-0.3, -0.25) is 9.59 Å². The fourth-order valence-electron chi connectivity index (χ4n) is 2.01. The maximum Gasteiger partial charge on any atom is 0.320 e. The summed E-state index contributed by atoms with van der Waals surface area (Å²) < 4.78 is 9.24. The van der Waals surface area contributed by atoms with Gasteiger partial charge in [0.05, 0.1) is 14.2 Å². The van der Waals surface area contributed by atoms with E-state index in [1.54, 1.807) is 0 Å². The van der Waals surface area contributed by atoms with Gasteiger partial charge in [0.25, 0.3) is 0 Å². The van der Waals surface area contributed by atoms with Crippen molar-refractivity contribution in [2.75, 3.05) is 14.2 Å². The van der Waals surface area contributed by atoms with Gasteiger partial charge < -0.3 is 9.47 Å². The summed E-state index contributed by atoms with van der Waals surface area (Å²) in [5.74, 6) is -1.86. The first-order valence-corrected chi connectivity index (χ1v) is 7.06. The summed E-state index contributed by atoms with van der Waals surface area (Å²) in [6.45, 7) is 0. The van der Waals surface area contributed by atoms with E-state index >= 15 is 0 Å². The Labute approximate surface area is 125 Å². The number of carbonyl (C=O) groups is 2. The molecule has 0 radical (unpaired) electrons. The van der Waals surface area contributed by atoms with E-state index in [1.807, 2.05) is 30.3 Å². The fourth-order valence-corrected chi connectivity index (χ4v) is 2.01. The molecule has 0 aliphatic carbocycles. The van der Waals surface area contributed by atoms with Crippen LogP contribution in [0.25, 0.3) is 6.08 Å². The minimum absolute atomic E-state index is 0.457. The lowest BCUT2D eigenvalue weighted by molar-refractivity contribution is -0.159. The number of methoxy groups -OCH3 is 2. The lowest BCUT2D eigenvalue weighted by Crippen LogP contribution is -2.26. The first kappa shape index (κ1) is 17.0. The molecule has 0 spiro atoms. The second kappa shape index (κ2) is 9.75. The van der Waals surface area contributed by atoms with Crippen molar-refractivity contribution in [2.24, 2.45) is 5.92 Å². The molecule has 0 heterocycles. The van der Waals surface area contributed by atoms with Gasteiger partial charge in [-0.25, -0.2) is 0 Å². The molecule has 0 aromatic heterocycles.